The van der Waals surface area contributed by atoms with Crippen LogP contribution in [0.1, 0.15) is 25.7 Å². The number of nitrogens with one attached hydrogen (secondary N) is 3. The fourth-order valence-electron chi connectivity index (χ4n) is 0.761. The van der Waals surface area contributed by atoms with Crippen LogP contribution in [0, 0.1) is 5.41 Å². The van der Waals surface area contributed by atoms with Crippen LogP contribution in [-0.2, 0) is 9.59 Å². The third-order valence-electron chi connectivity index (χ3n) is 1.38. The zero-order valence-corrected chi connectivity index (χ0v) is 7.67. The molecule has 0 fully saturated rings. The Morgan fingerprint density at radius 2 is 1.79 bits per heavy atom. The topological polar surface area (TPSA) is 128 Å². The summed E-state index contributed by atoms with van der Waals surface area (Å²) in [6.45, 7) is 0. The average molecular weight is 202 g/mol. The summed E-state index contributed by atoms with van der Waals surface area (Å²) in [4.78, 5) is 21.0. The quantitative estimate of drug-likeness (QED) is 0.171. The van der Waals surface area contributed by atoms with Gasteiger partial charge in [0.05, 0.1) is 0 Å². The van der Waals surface area contributed by atoms with Crippen LogP contribution >= 0.6 is 0 Å². The molecule has 0 radical (unpaired) electrons. The molecule has 0 aromatic carbocycles. The fraction of sp³-hybridized carbons (Fsp3) is 0.571. The van der Waals surface area contributed by atoms with Crippen LogP contribution in [0.25, 0.3) is 0 Å². The highest BCUT2D eigenvalue weighted by molar-refractivity contribution is 5.81. The van der Waals surface area contributed by atoms with E-state index in [2.05, 4.69) is 10.9 Å². The number of carbonyl (C=O) groups excluding carboxylic acids is 1. The van der Waals surface area contributed by atoms with Gasteiger partial charge in [0.2, 0.25) is 11.9 Å². The van der Waals surface area contributed by atoms with Crippen molar-refractivity contribution >= 4 is 17.8 Å². The van der Waals surface area contributed by atoms with Crippen LogP contribution in [0.5, 0.6) is 0 Å². The van der Waals surface area contributed by atoms with Gasteiger partial charge in [-0.3, -0.25) is 25.8 Å². The van der Waals surface area contributed by atoms with E-state index in [4.69, 9.17) is 16.2 Å². The number of nitrogens with two attached hydrogens (primary N) is 1. The monoisotopic (exact) mass is 202 g/mol. The summed E-state index contributed by atoms with van der Waals surface area (Å²) >= 11 is 0. The maximum absolute atomic E-state index is 10.9. The summed E-state index contributed by atoms with van der Waals surface area (Å²) in [6, 6.07) is 0. The number of hydrogen-bond donors (Lipinski definition) is 5. The summed E-state index contributed by atoms with van der Waals surface area (Å²) in [5.41, 5.74) is 9.24. The molecule has 7 nitrogen and oxygen atoms in total. The number of carboxylic acid groups (broad SMARTS) is 1. The number of guanidine groups is 1. The molecule has 0 bridgehead atoms. The summed E-state index contributed by atoms with van der Waals surface area (Å²) in [6.07, 6.45) is 1.24. The van der Waals surface area contributed by atoms with Gasteiger partial charge in [0.15, 0.2) is 0 Å². The molecule has 1 amide bonds. The van der Waals surface area contributed by atoms with E-state index in [1.54, 1.807) is 0 Å². The molecule has 0 aliphatic carbocycles. The van der Waals surface area contributed by atoms with Gasteiger partial charge in [-0.05, 0) is 12.8 Å². The van der Waals surface area contributed by atoms with Crippen molar-refractivity contribution < 1.29 is 14.7 Å². The van der Waals surface area contributed by atoms with E-state index >= 15 is 0 Å². The van der Waals surface area contributed by atoms with Gasteiger partial charge in [0.25, 0.3) is 0 Å². The lowest BCUT2D eigenvalue weighted by Gasteiger charge is -2.05. The van der Waals surface area contributed by atoms with Crippen molar-refractivity contribution in [3.63, 3.8) is 0 Å². The Morgan fingerprint density at radius 1 is 1.21 bits per heavy atom. The maximum atomic E-state index is 10.9. The lowest BCUT2D eigenvalue weighted by Crippen LogP contribution is -2.44. The first-order chi connectivity index (χ1) is 6.52. The van der Waals surface area contributed by atoms with Gasteiger partial charge in [-0.2, -0.15) is 0 Å². The number of hydrogen-bond acceptors (Lipinski definition) is 3. The number of rotatable bonds is 5. The number of aliphatic carboxylic acids is 1. The van der Waals surface area contributed by atoms with Gasteiger partial charge in [-0.1, -0.05) is 0 Å². The van der Waals surface area contributed by atoms with E-state index in [1.807, 2.05) is 0 Å². The van der Waals surface area contributed by atoms with E-state index in [0.29, 0.717) is 12.8 Å². The number of carbonyl (C=O) groups is 2. The van der Waals surface area contributed by atoms with Crippen molar-refractivity contribution in [2.24, 2.45) is 5.73 Å². The Kier molecular flexibility index (Phi) is 5.84. The van der Waals surface area contributed by atoms with Gasteiger partial charge in [-0.15, -0.1) is 0 Å². The largest absolute Gasteiger partial charge is 0.481 e. The number of carboxylic acids is 1. The second-order valence-electron chi connectivity index (χ2n) is 2.69. The van der Waals surface area contributed by atoms with E-state index in [0.717, 1.165) is 0 Å². The highest BCUT2D eigenvalue weighted by Gasteiger charge is 2.02. The van der Waals surface area contributed by atoms with Gasteiger partial charge < -0.3 is 10.8 Å². The van der Waals surface area contributed by atoms with Crippen LogP contribution < -0.4 is 16.6 Å². The molecule has 0 aromatic rings. The molecule has 14 heavy (non-hydrogen) atoms. The number of amides is 1. The third-order valence-corrected chi connectivity index (χ3v) is 1.38. The molecule has 0 spiro atoms. The van der Waals surface area contributed by atoms with Crippen LogP contribution in [0.2, 0.25) is 0 Å². The summed E-state index contributed by atoms with van der Waals surface area (Å²) in [7, 11) is 0. The molecule has 6 N–H and O–H groups in total. The van der Waals surface area contributed by atoms with E-state index < -0.39 is 5.97 Å². The van der Waals surface area contributed by atoms with Gasteiger partial charge in [-0.25, -0.2) is 0 Å². The molecule has 0 aliphatic heterocycles. The number of hydrazine groups is 1. The molecule has 0 atom stereocenters. The molecule has 0 rings (SSSR count). The summed E-state index contributed by atoms with van der Waals surface area (Å²) in [5, 5.41) is 15.0. The van der Waals surface area contributed by atoms with Crippen LogP contribution in [-0.4, -0.2) is 22.9 Å². The van der Waals surface area contributed by atoms with Crippen LogP contribution in [0.15, 0.2) is 0 Å². The van der Waals surface area contributed by atoms with Crippen molar-refractivity contribution in [2.45, 2.75) is 25.7 Å². The Labute approximate surface area is 81.1 Å². The summed E-state index contributed by atoms with van der Waals surface area (Å²) < 4.78 is 0. The predicted molar refractivity (Wildman–Crippen MR) is 49.3 cm³/mol. The molecular weight excluding hydrogens is 188 g/mol. The Balaban J connectivity index is 3.36. The highest BCUT2D eigenvalue weighted by atomic mass is 16.4. The zero-order valence-electron chi connectivity index (χ0n) is 7.67. The first kappa shape index (κ1) is 12.2. The van der Waals surface area contributed by atoms with Gasteiger partial charge in [0, 0.05) is 12.8 Å². The molecule has 0 saturated heterocycles. The lowest BCUT2D eigenvalue weighted by molar-refractivity contribution is -0.137. The minimum atomic E-state index is -0.868. The number of unbranched alkanes of at least 4 members (excludes halogenated alkanes) is 1. The molecular formula is C7H14N4O3. The Morgan fingerprint density at radius 3 is 2.29 bits per heavy atom. The van der Waals surface area contributed by atoms with Crippen molar-refractivity contribution in [3.8, 4) is 0 Å². The normalized spacial score (nSPS) is 9.14. The second kappa shape index (κ2) is 6.70. The van der Waals surface area contributed by atoms with Crippen LogP contribution in [0.3, 0.4) is 0 Å². The molecule has 0 saturated carbocycles. The van der Waals surface area contributed by atoms with E-state index in [9.17, 15) is 9.59 Å². The summed E-state index contributed by atoms with van der Waals surface area (Å²) in [5.74, 6) is -1.53. The van der Waals surface area contributed by atoms with E-state index in [-0.39, 0.29) is 24.7 Å². The zero-order chi connectivity index (χ0) is 11.0. The smallest absolute Gasteiger partial charge is 0.303 e. The van der Waals surface area contributed by atoms with Crippen LogP contribution in [0.4, 0.5) is 0 Å². The average Bonchev–Trinajstić information content (AvgIpc) is 2.08. The van der Waals surface area contributed by atoms with Crippen molar-refractivity contribution in [2.75, 3.05) is 0 Å². The van der Waals surface area contributed by atoms with E-state index in [1.165, 1.54) is 0 Å². The molecule has 0 aromatic heterocycles. The first-order valence-corrected chi connectivity index (χ1v) is 4.13. The molecule has 7 heteroatoms. The molecule has 0 heterocycles. The van der Waals surface area contributed by atoms with Gasteiger partial charge in [0.1, 0.15) is 0 Å². The fourth-order valence-corrected chi connectivity index (χ4v) is 0.761. The third kappa shape index (κ3) is 8.31. The lowest BCUT2D eigenvalue weighted by atomic mass is 10.2. The maximum Gasteiger partial charge on any atom is 0.303 e. The SMILES string of the molecule is N=C(N)NNC(=O)CCCCC(=O)O. The predicted octanol–water partition coefficient (Wildman–Crippen LogP) is -0.854. The minimum Gasteiger partial charge on any atom is -0.481 e. The molecule has 0 aliphatic rings. The molecule has 80 valence electrons. The standard InChI is InChI=1S/C7H14N4O3/c8-7(9)11-10-5(12)3-1-2-4-6(13)14/h1-4H2,(H,10,12)(H,13,14)(H4,8,9,11). The Hall–Kier alpha value is -1.79. The first-order valence-electron chi connectivity index (χ1n) is 4.13. The Bertz CT molecular complexity index is 229. The van der Waals surface area contributed by atoms with Gasteiger partial charge >= 0.3 is 5.97 Å². The molecule has 0 unspecified atom stereocenters. The van der Waals surface area contributed by atoms with Crippen molar-refractivity contribution in [1.29, 1.82) is 5.41 Å². The van der Waals surface area contributed by atoms with Crippen molar-refractivity contribution in [1.82, 2.24) is 10.9 Å². The second-order valence-corrected chi connectivity index (χ2v) is 2.69. The van der Waals surface area contributed by atoms with Crippen molar-refractivity contribution in [3.05, 3.63) is 0 Å². The minimum absolute atomic E-state index is 0.0629. The highest BCUT2D eigenvalue weighted by Crippen LogP contribution is 1.98.